The number of fused-ring (bicyclic) bond motifs is 1. The smallest absolute Gasteiger partial charge is 0.375 e. The van der Waals surface area contributed by atoms with Crippen LogP contribution in [0.3, 0.4) is 0 Å². The van der Waals surface area contributed by atoms with Crippen molar-refractivity contribution in [1.29, 1.82) is 0 Å². The van der Waals surface area contributed by atoms with Crippen LogP contribution in [0.25, 0.3) is 0 Å². The lowest BCUT2D eigenvalue weighted by atomic mass is 9.78. The van der Waals surface area contributed by atoms with Gasteiger partial charge in [0, 0.05) is 23.0 Å². The van der Waals surface area contributed by atoms with Crippen molar-refractivity contribution in [1.82, 2.24) is 0 Å². The Bertz CT molecular complexity index is 809. The van der Waals surface area contributed by atoms with Gasteiger partial charge in [0.2, 0.25) is 5.76 Å². The van der Waals surface area contributed by atoms with Gasteiger partial charge in [-0.3, -0.25) is 9.59 Å². The summed E-state index contributed by atoms with van der Waals surface area (Å²) in [6.07, 6.45) is -1.21. The monoisotopic (exact) mass is 376 g/mol. The Morgan fingerprint density at radius 3 is 2.48 bits per heavy atom. The van der Waals surface area contributed by atoms with Gasteiger partial charge in [-0.1, -0.05) is 6.58 Å². The van der Waals surface area contributed by atoms with Gasteiger partial charge in [0.1, 0.15) is 18.3 Å². The second-order valence-electron chi connectivity index (χ2n) is 7.65. The van der Waals surface area contributed by atoms with Crippen LogP contribution in [0.5, 0.6) is 0 Å². The predicted molar refractivity (Wildman–Crippen MR) is 87.5 cm³/mol. The molecule has 0 aromatic heterocycles. The highest BCUT2D eigenvalue weighted by Crippen LogP contribution is 2.59. The molecule has 0 spiro atoms. The minimum atomic E-state index is -0.826. The number of carbonyl (C=O) groups is 4. The van der Waals surface area contributed by atoms with Gasteiger partial charge in [0.25, 0.3) is 0 Å². The zero-order valence-corrected chi connectivity index (χ0v) is 15.2. The summed E-state index contributed by atoms with van der Waals surface area (Å²) in [6.45, 7) is 8.40. The Kier molecular flexibility index (Phi) is 3.90. The molecule has 8 nitrogen and oxygen atoms in total. The van der Waals surface area contributed by atoms with Gasteiger partial charge in [-0.25, -0.2) is 9.59 Å². The minimum absolute atomic E-state index is 0.131. The molecule has 8 heteroatoms. The lowest BCUT2D eigenvalue weighted by molar-refractivity contribution is -0.162. The molecular formula is C19H20O8. The molecule has 2 heterocycles. The zero-order chi connectivity index (χ0) is 19.6. The van der Waals surface area contributed by atoms with Crippen LogP contribution in [0.4, 0.5) is 0 Å². The Balaban J connectivity index is 1.58. The Hall–Kier alpha value is -2.64. The van der Waals surface area contributed by atoms with Gasteiger partial charge in [-0.15, -0.1) is 0 Å². The molecule has 7 unspecified atom stereocenters. The van der Waals surface area contributed by atoms with Gasteiger partial charge in [0.05, 0.1) is 11.8 Å². The average Bonchev–Trinajstić information content (AvgIpc) is 3.26. The maximum absolute atomic E-state index is 12.9. The van der Waals surface area contributed by atoms with Crippen molar-refractivity contribution >= 4 is 23.9 Å². The SMILES string of the molecule is C=C(C)C(=O)OC1C2CC3C1OC(=O)C3C2C(=O)OC1=C(C)C(C)OC1=O. The molecule has 2 saturated carbocycles. The maximum atomic E-state index is 12.9. The molecule has 4 rings (SSSR count). The minimum Gasteiger partial charge on any atom is -0.458 e. The number of hydrogen-bond donors (Lipinski definition) is 0. The first-order valence-corrected chi connectivity index (χ1v) is 8.91. The predicted octanol–water partition coefficient (Wildman–Crippen LogP) is 1.04. The fourth-order valence-corrected chi connectivity index (χ4v) is 4.63. The van der Waals surface area contributed by atoms with Crippen LogP contribution < -0.4 is 0 Å². The van der Waals surface area contributed by atoms with Gasteiger partial charge < -0.3 is 18.9 Å². The summed E-state index contributed by atoms with van der Waals surface area (Å²) in [5, 5.41) is 0. The van der Waals surface area contributed by atoms with E-state index in [4.69, 9.17) is 18.9 Å². The molecule has 2 aliphatic heterocycles. The van der Waals surface area contributed by atoms with E-state index in [-0.39, 0.29) is 17.3 Å². The Morgan fingerprint density at radius 2 is 1.89 bits per heavy atom. The molecule has 7 atom stereocenters. The highest BCUT2D eigenvalue weighted by molar-refractivity contribution is 5.94. The highest BCUT2D eigenvalue weighted by atomic mass is 16.6. The topological polar surface area (TPSA) is 105 Å². The molecule has 2 aliphatic carbocycles. The Labute approximate surface area is 155 Å². The van der Waals surface area contributed by atoms with E-state index in [2.05, 4.69) is 6.58 Å². The lowest BCUT2D eigenvalue weighted by Gasteiger charge is -2.30. The van der Waals surface area contributed by atoms with E-state index in [1.165, 1.54) is 6.92 Å². The van der Waals surface area contributed by atoms with Crippen LogP contribution in [0, 0.1) is 23.7 Å². The number of cyclic esters (lactones) is 1. The molecule has 0 aromatic carbocycles. The first kappa shape index (κ1) is 17.8. The lowest BCUT2D eigenvalue weighted by Crippen LogP contribution is -2.43. The quantitative estimate of drug-likeness (QED) is 0.407. The highest BCUT2D eigenvalue weighted by Gasteiger charge is 2.70. The van der Waals surface area contributed by atoms with Crippen molar-refractivity contribution in [3.8, 4) is 0 Å². The summed E-state index contributed by atoms with van der Waals surface area (Å²) >= 11 is 0. The van der Waals surface area contributed by atoms with Crippen LogP contribution in [-0.4, -0.2) is 42.2 Å². The van der Waals surface area contributed by atoms with Crippen molar-refractivity contribution in [2.24, 2.45) is 23.7 Å². The summed E-state index contributed by atoms with van der Waals surface area (Å²) in [6, 6.07) is 0. The number of esters is 4. The van der Waals surface area contributed by atoms with E-state index >= 15 is 0 Å². The van der Waals surface area contributed by atoms with E-state index < -0.39 is 59.9 Å². The van der Waals surface area contributed by atoms with Crippen molar-refractivity contribution in [3.63, 3.8) is 0 Å². The molecular weight excluding hydrogens is 356 g/mol. The van der Waals surface area contributed by atoms with E-state index in [9.17, 15) is 19.2 Å². The molecule has 144 valence electrons. The third-order valence-electron chi connectivity index (χ3n) is 6.05. The molecule has 0 N–H and O–H groups in total. The summed E-state index contributed by atoms with van der Waals surface area (Å²) < 4.78 is 21.2. The number of hydrogen-bond acceptors (Lipinski definition) is 8. The van der Waals surface area contributed by atoms with Crippen molar-refractivity contribution in [2.45, 2.75) is 45.5 Å². The third kappa shape index (κ3) is 2.49. The van der Waals surface area contributed by atoms with Crippen LogP contribution >= 0.6 is 0 Å². The van der Waals surface area contributed by atoms with Gasteiger partial charge in [-0.05, 0) is 27.2 Å². The molecule has 2 bridgehead atoms. The standard InChI is InChI=1S/C19H20O8/c1-6(2)16(20)26-14-9-5-10-12(18(22)27-15(10)14)11(9)17(21)25-13-7(3)8(4)24-19(13)23/h8-12,14-15H,1,5H2,2-4H3. The zero-order valence-electron chi connectivity index (χ0n) is 15.2. The number of ether oxygens (including phenoxy) is 4. The first-order chi connectivity index (χ1) is 12.7. The van der Waals surface area contributed by atoms with Crippen LogP contribution in [0.2, 0.25) is 0 Å². The largest absolute Gasteiger partial charge is 0.458 e. The summed E-state index contributed by atoms with van der Waals surface area (Å²) in [5.74, 6) is -4.67. The molecule has 0 amide bonds. The second-order valence-corrected chi connectivity index (χ2v) is 7.65. The molecule has 27 heavy (non-hydrogen) atoms. The van der Waals surface area contributed by atoms with E-state index in [0.717, 1.165) is 0 Å². The summed E-state index contributed by atoms with van der Waals surface area (Å²) in [4.78, 5) is 49.0. The third-order valence-corrected chi connectivity index (χ3v) is 6.05. The fraction of sp³-hybridized carbons (Fsp3) is 0.579. The summed E-state index contributed by atoms with van der Waals surface area (Å²) in [5.41, 5.74) is 0.745. The van der Waals surface area contributed by atoms with Crippen LogP contribution in [0.15, 0.2) is 23.5 Å². The van der Waals surface area contributed by atoms with Crippen molar-refractivity contribution in [3.05, 3.63) is 23.5 Å². The van der Waals surface area contributed by atoms with Crippen LogP contribution in [0.1, 0.15) is 27.2 Å². The molecule has 0 radical (unpaired) electrons. The molecule has 3 fully saturated rings. The summed E-state index contributed by atoms with van der Waals surface area (Å²) in [7, 11) is 0. The van der Waals surface area contributed by atoms with E-state index in [0.29, 0.717) is 12.0 Å². The van der Waals surface area contributed by atoms with Crippen LogP contribution in [-0.2, 0) is 38.1 Å². The number of carbonyl (C=O) groups excluding carboxylic acids is 4. The van der Waals surface area contributed by atoms with Gasteiger partial charge in [-0.2, -0.15) is 0 Å². The van der Waals surface area contributed by atoms with E-state index in [1.807, 2.05) is 0 Å². The normalized spacial score (nSPS) is 38.7. The fourth-order valence-electron chi connectivity index (χ4n) is 4.63. The molecule has 4 aliphatic rings. The van der Waals surface area contributed by atoms with E-state index in [1.54, 1.807) is 13.8 Å². The van der Waals surface area contributed by atoms with Crippen molar-refractivity contribution in [2.75, 3.05) is 0 Å². The Morgan fingerprint density at radius 1 is 1.19 bits per heavy atom. The maximum Gasteiger partial charge on any atom is 0.375 e. The average molecular weight is 376 g/mol. The molecule has 1 saturated heterocycles. The number of rotatable bonds is 4. The van der Waals surface area contributed by atoms with Gasteiger partial charge in [0.15, 0.2) is 0 Å². The van der Waals surface area contributed by atoms with Crippen molar-refractivity contribution < 1.29 is 38.1 Å². The first-order valence-electron chi connectivity index (χ1n) is 8.91. The second kappa shape index (κ2) is 5.94. The molecule has 0 aromatic rings. The van der Waals surface area contributed by atoms with Gasteiger partial charge >= 0.3 is 23.9 Å².